The van der Waals surface area contributed by atoms with Crippen molar-refractivity contribution >= 4 is 46.4 Å². The predicted molar refractivity (Wildman–Crippen MR) is 143 cm³/mol. The number of piperazine rings is 1. The van der Waals surface area contributed by atoms with E-state index in [1.807, 2.05) is 29.2 Å². The fraction of sp³-hybridized carbons (Fsp3) is 0.259. The molecular formula is C27H27Cl2N3O4. The Bertz CT molecular complexity index is 1210. The number of anilines is 2. The molecule has 0 aromatic heterocycles. The molecule has 1 saturated heterocycles. The van der Waals surface area contributed by atoms with Crippen molar-refractivity contribution in [2.45, 2.75) is 13.0 Å². The Balaban J connectivity index is 1.28. The molecule has 7 nitrogen and oxygen atoms in total. The SMILES string of the molecule is COc1ccc(C(=O)N2CCN(c3ccc(NC(=O)[C@@H](C)Oc4ccc(Cl)cc4Cl)cc3)CC2)cc1. The summed E-state index contributed by atoms with van der Waals surface area (Å²) in [7, 11) is 1.60. The van der Waals surface area contributed by atoms with Crippen molar-refractivity contribution in [3.8, 4) is 11.5 Å². The van der Waals surface area contributed by atoms with E-state index in [4.69, 9.17) is 32.7 Å². The van der Waals surface area contributed by atoms with E-state index in [0.29, 0.717) is 40.1 Å². The number of methoxy groups -OCH3 is 1. The van der Waals surface area contributed by atoms with Gasteiger partial charge in [0.25, 0.3) is 11.8 Å². The van der Waals surface area contributed by atoms with Gasteiger partial charge in [0.2, 0.25) is 0 Å². The minimum atomic E-state index is -0.750. The van der Waals surface area contributed by atoms with E-state index in [1.54, 1.807) is 56.5 Å². The summed E-state index contributed by atoms with van der Waals surface area (Å²) < 4.78 is 10.8. The highest BCUT2D eigenvalue weighted by molar-refractivity contribution is 6.35. The molecule has 36 heavy (non-hydrogen) atoms. The number of benzene rings is 3. The molecule has 1 aliphatic rings. The van der Waals surface area contributed by atoms with Crippen molar-refractivity contribution in [3.05, 3.63) is 82.3 Å². The van der Waals surface area contributed by atoms with Crippen molar-refractivity contribution in [1.82, 2.24) is 4.90 Å². The average Bonchev–Trinajstić information content (AvgIpc) is 2.90. The second-order valence-electron chi connectivity index (χ2n) is 8.38. The fourth-order valence-electron chi connectivity index (χ4n) is 3.90. The Morgan fingerprint density at radius 2 is 1.58 bits per heavy atom. The molecule has 0 unspecified atom stereocenters. The van der Waals surface area contributed by atoms with E-state index in [1.165, 1.54) is 0 Å². The number of hydrogen-bond donors (Lipinski definition) is 1. The molecule has 0 spiro atoms. The lowest BCUT2D eigenvalue weighted by molar-refractivity contribution is -0.122. The van der Waals surface area contributed by atoms with Crippen LogP contribution in [0.3, 0.4) is 0 Å². The second-order valence-corrected chi connectivity index (χ2v) is 9.22. The number of halogens is 2. The first kappa shape index (κ1) is 25.7. The highest BCUT2D eigenvalue weighted by atomic mass is 35.5. The van der Waals surface area contributed by atoms with Crippen LogP contribution >= 0.6 is 23.2 Å². The van der Waals surface area contributed by atoms with Crippen LogP contribution in [0.15, 0.2) is 66.7 Å². The molecular weight excluding hydrogens is 501 g/mol. The minimum absolute atomic E-state index is 0.0200. The second kappa shape index (κ2) is 11.5. The van der Waals surface area contributed by atoms with Gasteiger partial charge in [-0.3, -0.25) is 9.59 Å². The molecule has 1 aliphatic heterocycles. The van der Waals surface area contributed by atoms with Crippen LogP contribution in [-0.2, 0) is 4.79 Å². The molecule has 3 aromatic carbocycles. The highest BCUT2D eigenvalue weighted by Crippen LogP contribution is 2.28. The van der Waals surface area contributed by atoms with Crippen molar-refractivity contribution in [2.75, 3.05) is 43.5 Å². The summed E-state index contributed by atoms with van der Waals surface area (Å²) in [5.74, 6) is 0.846. The molecule has 0 bridgehead atoms. The Morgan fingerprint density at radius 1 is 0.917 bits per heavy atom. The van der Waals surface area contributed by atoms with Gasteiger partial charge in [-0.2, -0.15) is 0 Å². The summed E-state index contributed by atoms with van der Waals surface area (Å²) in [6.07, 6.45) is -0.750. The van der Waals surface area contributed by atoms with Crippen molar-refractivity contribution in [1.29, 1.82) is 0 Å². The van der Waals surface area contributed by atoms with Crippen LogP contribution in [0.2, 0.25) is 10.0 Å². The molecule has 2 amide bonds. The zero-order valence-electron chi connectivity index (χ0n) is 20.0. The molecule has 1 atom stereocenters. The average molecular weight is 528 g/mol. The van der Waals surface area contributed by atoms with Crippen LogP contribution in [0.25, 0.3) is 0 Å². The van der Waals surface area contributed by atoms with Gasteiger partial charge in [0, 0.05) is 48.1 Å². The van der Waals surface area contributed by atoms with Crippen LogP contribution < -0.4 is 19.7 Å². The summed E-state index contributed by atoms with van der Waals surface area (Å²) >= 11 is 12.0. The van der Waals surface area contributed by atoms with Crippen LogP contribution in [0.4, 0.5) is 11.4 Å². The monoisotopic (exact) mass is 527 g/mol. The van der Waals surface area contributed by atoms with Gasteiger partial charge in [-0.05, 0) is 73.7 Å². The smallest absolute Gasteiger partial charge is 0.265 e. The van der Waals surface area contributed by atoms with Gasteiger partial charge in [0.1, 0.15) is 11.5 Å². The third-order valence-corrected chi connectivity index (χ3v) is 6.50. The quantitative estimate of drug-likeness (QED) is 0.447. The summed E-state index contributed by atoms with van der Waals surface area (Å²) in [4.78, 5) is 29.5. The molecule has 188 valence electrons. The van der Waals surface area contributed by atoms with E-state index in [2.05, 4.69) is 10.2 Å². The fourth-order valence-corrected chi connectivity index (χ4v) is 4.35. The Morgan fingerprint density at radius 3 is 2.19 bits per heavy atom. The molecule has 9 heteroatoms. The van der Waals surface area contributed by atoms with Gasteiger partial charge in [-0.15, -0.1) is 0 Å². The molecule has 0 aliphatic carbocycles. The number of hydrogen-bond acceptors (Lipinski definition) is 5. The third-order valence-electron chi connectivity index (χ3n) is 5.97. The Kier molecular flexibility index (Phi) is 8.23. The Labute approximate surface area is 220 Å². The molecule has 4 rings (SSSR count). The molecule has 1 fully saturated rings. The maximum Gasteiger partial charge on any atom is 0.265 e. The number of ether oxygens (including phenoxy) is 2. The van der Waals surface area contributed by atoms with Crippen molar-refractivity contribution in [3.63, 3.8) is 0 Å². The lowest BCUT2D eigenvalue weighted by Crippen LogP contribution is -2.48. The number of carbonyl (C=O) groups excluding carboxylic acids is 2. The van der Waals surface area contributed by atoms with Gasteiger partial charge >= 0.3 is 0 Å². The van der Waals surface area contributed by atoms with Gasteiger partial charge in [-0.1, -0.05) is 23.2 Å². The molecule has 0 radical (unpaired) electrons. The largest absolute Gasteiger partial charge is 0.497 e. The number of nitrogens with zero attached hydrogens (tertiary/aromatic N) is 2. The van der Waals surface area contributed by atoms with Gasteiger partial charge in [-0.25, -0.2) is 0 Å². The zero-order valence-corrected chi connectivity index (χ0v) is 21.6. The number of nitrogens with one attached hydrogen (secondary N) is 1. The molecule has 1 N–H and O–H groups in total. The number of amides is 2. The Hall–Kier alpha value is -3.42. The first-order valence-electron chi connectivity index (χ1n) is 11.5. The van der Waals surface area contributed by atoms with E-state index >= 15 is 0 Å². The maximum atomic E-state index is 12.8. The predicted octanol–water partition coefficient (Wildman–Crippen LogP) is 5.37. The molecule has 0 saturated carbocycles. The van der Waals surface area contributed by atoms with Gasteiger partial charge < -0.3 is 24.6 Å². The van der Waals surface area contributed by atoms with Crippen LogP contribution in [-0.4, -0.2) is 56.1 Å². The van der Waals surface area contributed by atoms with Crippen molar-refractivity contribution in [2.24, 2.45) is 0 Å². The van der Waals surface area contributed by atoms with E-state index in [0.717, 1.165) is 24.5 Å². The minimum Gasteiger partial charge on any atom is -0.497 e. The summed E-state index contributed by atoms with van der Waals surface area (Å²) in [6, 6.07) is 19.6. The third kappa shape index (κ3) is 6.22. The summed E-state index contributed by atoms with van der Waals surface area (Å²) in [5.41, 5.74) is 2.34. The van der Waals surface area contributed by atoms with E-state index < -0.39 is 6.10 Å². The first-order valence-corrected chi connectivity index (χ1v) is 12.3. The van der Waals surface area contributed by atoms with Gasteiger partial charge in [0.05, 0.1) is 12.1 Å². The van der Waals surface area contributed by atoms with Crippen LogP contribution in [0, 0.1) is 0 Å². The summed E-state index contributed by atoms with van der Waals surface area (Å²) in [6.45, 7) is 4.36. The molecule has 1 heterocycles. The lowest BCUT2D eigenvalue weighted by Gasteiger charge is -2.36. The number of rotatable bonds is 7. The van der Waals surface area contributed by atoms with E-state index in [9.17, 15) is 9.59 Å². The standard InChI is InChI=1S/C27H27Cl2N3O4/c1-18(36-25-12-5-20(28)17-24(25)29)26(33)30-21-6-8-22(9-7-21)31-13-15-32(16-14-31)27(34)19-3-10-23(35-2)11-4-19/h3-12,17-18H,13-16H2,1-2H3,(H,30,33)/t18-/m1/s1. The summed E-state index contributed by atoms with van der Waals surface area (Å²) in [5, 5.41) is 3.70. The number of carbonyl (C=O) groups is 2. The van der Waals surface area contributed by atoms with Crippen LogP contribution in [0.5, 0.6) is 11.5 Å². The zero-order chi connectivity index (χ0) is 25.7. The van der Waals surface area contributed by atoms with E-state index in [-0.39, 0.29) is 11.8 Å². The molecule has 3 aromatic rings. The lowest BCUT2D eigenvalue weighted by atomic mass is 10.1. The topological polar surface area (TPSA) is 71.1 Å². The highest BCUT2D eigenvalue weighted by Gasteiger charge is 2.23. The maximum absolute atomic E-state index is 12.8. The van der Waals surface area contributed by atoms with Gasteiger partial charge in [0.15, 0.2) is 6.10 Å². The van der Waals surface area contributed by atoms with Crippen LogP contribution in [0.1, 0.15) is 17.3 Å². The first-order chi connectivity index (χ1) is 17.3. The normalized spacial score (nSPS) is 14.2. The van der Waals surface area contributed by atoms with Crippen molar-refractivity contribution < 1.29 is 19.1 Å².